The van der Waals surface area contributed by atoms with Crippen molar-refractivity contribution in [3.8, 4) is 0 Å². The predicted molar refractivity (Wildman–Crippen MR) is 58.7 cm³/mol. The number of likely N-dealkylation sites (N-methyl/N-ethyl adjacent to an activating group) is 1. The van der Waals surface area contributed by atoms with Crippen LogP contribution in [-0.4, -0.2) is 50.9 Å². The summed E-state index contributed by atoms with van der Waals surface area (Å²) in [4.78, 5) is 11.4. The molecule has 0 heterocycles. The first kappa shape index (κ1) is 13.7. The molecule has 0 bridgehead atoms. The molecule has 1 atom stereocenters. The minimum absolute atomic E-state index is 0.232. The summed E-state index contributed by atoms with van der Waals surface area (Å²) >= 11 is 1.66. The average Bonchev–Trinajstić information content (AvgIpc) is 2.22. The van der Waals surface area contributed by atoms with E-state index in [0.717, 1.165) is 5.75 Å². The molecule has 0 aliphatic heterocycles. The zero-order valence-corrected chi connectivity index (χ0v) is 10.1. The van der Waals surface area contributed by atoms with Crippen LogP contribution in [0.15, 0.2) is 0 Å². The van der Waals surface area contributed by atoms with Crippen molar-refractivity contribution in [3.63, 3.8) is 0 Å². The van der Waals surface area contributed by atoms with Crippen LogP contribution in [0.1, 0.15) is 6.92 Å². The van der Waals surface area contributed by atoms with Crippen LogP contribution in [0.4, 0.5) is 0 Å². The second-order valence-electron chi connectivity index (χ2n) is 3.12. The maximum absolute atomic E-state index is 11.4. The Morgan fingerprint density at radius 1 is 1.50 bits per heavy atom. The smallest absolute Gasteiger partial charge is 0.326 e. The van der Waals surface area contributed by atoms with Crippen molar-refractivity contribution in [2.24, 2.45) is 0 Å². The van der Waals surface area contributed by atoms with Gasteiger partial charge in [-0.05, 0) is 14.0 Å². The van der Waals surface area contributed by atoms with Gasteiger partial charge in [0.05, 0.1) is 13.7 Å². The molecule has 0 aliphatic rings. The Bertz CT molecular complexity index is 177. The van der Waals surface area contributed by atoms with E-state index >= 15 is 0 Å². The van der Waals surface area contributed by atoms with Crippen LogP contribution in [0.5, 0.6) is 0 Å². The highest BCUT2D eigenvalue weighted by Crippen LogP contribution is 2.14. The first-order valence-corrected chi connectivity index (χ1v) is 5.60. The number of nitrogens with one attached hydrogen (secondary N) is 1. The molecule has 4 nitrogen and oxygen atoms in total. The van der Waals surface area contributed by atoms with Gasteiger partial charge >= 0.3 is 5.97 Å². The van der Waals surface area contributed by atoms with Gasteiger partial charge in [0.15, 0.2) is 0 Å². The highest BCUT2D eigenvalue weighted by Gasteiger charge is 2.32. The molecule has 1 unspecified atom stereocenters. The molecular weight excluding hydrogens is 202 g/mol. The van der Waals surface area contributed by atoms with Crippen LogP contribution >= 0.6 is 11.8 Å². The number of carbonyl (C=O) groups excluding carboxylic acids is 1. The van der Waals surface area contributed by atoms with Crippen LogP contribution in [0.2, 0.25) is 0 Å². The van der Waals surface area contributed by atoms with Crippen molar-refractivity contribution in [3.05, 3.63) is 0 Å². The number of rotatable bonds is 7. The molecule has 0 spiro atoms. The third kappa shape index (κ3) is 4.30. The second kappa shape index (κ2) is 7.09. The molecule has 0 aromatic heterocycles. The third-order valence-electron chi connectivity index (χ3n) is 2.01. The molecule has 0 aromatic carbocycles. The van der Waals surface area contributed by atoms with Gasteiger partial charge in [0.1, 0.15) is 5.54 Å². The lowest BCUT2D eigenvalue weighted by atomic mass is 10.1. The summed E-state index contributed by atoms with van der Waals surface area (Å²) in [6.07, 6.45) is 0. The van der Waals surface area contributed by atoms with Crippen molar-refractivity contribution in [1.82, 2.24) is 5.32 Å². The zero-order chi connectivity index (χ0) is 11.0. The summed E-state index contributed by atoms with van der Waals surface area (Å²) in [6.45, 7) is 2.53. The quantitative estimate of drug-likeness (QED) is 0.501. The van der Waals surface area contributed by atoms with Crippen molar-refractivity contribution < 1.29 is 14.3 Å². The molecule has 0 amide bonds. The lowest BCUT2D eigenvalue weighted by Gasteiger charge is -2.25. The number of hydrogen-bond donors (Lipinski definition) is 1. The van der Waals surface area contributed by atoms with Gasteiger partial charge in [-0.25, -0.2) is 0 Å². The van der Waals surface area contributed by atoms with Crippen molar-refractivity contribution in [2.45, 2.75) is 12.5 Å². The van der Waals surface area contributed by atoms with E-state index in [1.165, 1.54) is 7.11 Å². The molecular formula is C9H19NO3S. The normalized spacial score (nSPS) is 14.9. The second-order valence-corrected chi connectivity index (χ2v) is 4.22. The Balaban J connectivity index is 3.93. The number of ether oxygens (including phenoxy) is 2. The Morgan fingerprint density at radius 2 is 2.14 bits per heavy atom. The number of thioether (sulfide) groups is 1. The van der Waals surface area contributed by atoms with Gasteiger partial charge in [0, 0.05) is 18.6 Å². The summed E-state index contributed by atoms with van der Waals surface area (Å²) in [5.41, 5.74) is -0.604. The van der Waals surface area contributed by atoms with Gasteiger partial charge in [-0.1, -0.05) is 0 Å². The molecule has 84 valence electrons. The minimum atomic E-state index is -0.604. The molecule has 0 saturated heterocycles. The molecule has 0 aliphatic carbocycles. The van der Waals surface area contributed by atoms with Gasteiger partial charge in [0.2, 0.25) is 0 Å². The van der Waals surface area contributed by atoms with E-state index in [1.807, 2.05) is 6.92 Å². The van der Waals surface area contributed by atoms with Crippen LogP contribution < -0.4 is 5.32 Å². The maximum atomic E-state index is 11.4. The first-order chi connectivity index (χ1) is 6.60. The van der Waals surface area contributed by atoms with E-state index < -0.39 is 5.54 Å². The Hall–Kier alpha value is -0.260. The minimum Gasteiger partial charge on any atom is -0.468 e. The molecule has 14 heavy (non-hydrogen) atoms. The average molecular weight is 221 g/mol. The summed E-state index contributed by atoms with van der Waals surface area (Å²) in [5, 5.41) is 2.97. The zero-order valence-electron chi connectivity index (χ0n) is 9.25. The standard InChI is InChI=1S/C9H19NO3S/c1-9(10-2,8(11)13-4)7-14-6-5-12-3/h10H,5-7H2,1-4H3. The predicted octanol–water partition coefficient (Wildman–Crippen LogP) is 0.517. The van der Waals surface area contributed by atoms with Gasteiger partial charge in [-0.2, -0.15) is 11.8 Å². The fraction of sp³-hybridized carbons (Fsp3) is 0.889. The maximum Gasteiger partial charge on any atom is 0.326 e. The van der Waals surface area contributed by atoms with E-state index in [-0.39, 0.29) is 5.97 Å². The van der Waals surface area contributed by atoms with Crippen LogP contribution in [0, 0.1) is 0 Å². The fourth-order valence-corrected chi connectivity index (χ4v) is 1.98. The topological polar surface area (TPSA) is 47.6 Å². The molecule has 0 radical (unpaired) electrons. The van der Waals surface area contributed by atoms with Crippen LogP contribution in [-0.2, 0) is 14.3 Å². The molecule has 0 saturated carbocycles. The van der Waals surface area contributed by atoms with Gasteiger partial charge in [-0.3, -0.25) is 4.79 Å². The summed E-state index contributed by atoms with van der Waals surface area (Å²) < 4.78 is 9.64. The SMILES string of the molecule is CNC(C)(CSCCOC)C(=O)OC. The van der Waals surface area contributed by atoms with E-state index in [1.54, 1.807) is 25.9 Å². The van der Waals surface area contributed by atoms with E-state index in [9.17, 15) is 4.79 Å². The summed E-state index contributed by atoms with van der Waals surface area (Å²) in [7, 11) is 4.82. The van der Waals surface area contributed by atoms with Crippen LogP contribution in [0.25, 0.3) is 0 Å². The number of methoxy groups -OCH3 is 2. The van der Waals surface area contributed by atoms with E-state index in [2.05, 4.69) is 5.32 Å². The van der Waals surface area contributed by atoms with E-state index in [0.29, 0.717) is 12.4 Å². The van der Waals surface area contributed by atoms with Crippen molar-refractivity contribution in [2.75, 3.05) is 39.4 Å². The Kier molecular flexibility index (Phi) is 6.96. The van der Waals surface area contributed by atoms with E-state index in [4.69, 9.17) is 9.47 Å². The molecule has 0 fully saturated rings. The summed E-state index contributed by atoms with van der Waals surface area (Å²) in [5.74, 6) is 1.33. The number of carbonyl (C=O) groups is 1. The molecule has 0 aromatic rings. The van der Waals surface area contributed by atoms with Gasteiger partial charge in [0.25, 0.3) is 0 Å². The largest absolute Gasteiger partial charge is 0.468 e. The lowest BCUT2D eigenvalue weighted by molar-refractivity contribution is -0.146. The Morgan fingerprint density at radius 3 is 2.57 bits per heavy atom. The summed E-state index contributed by atoms with van der Waals surface area (Å²) in [6, 6.07) is 0. The molecule has 1 N–H and O–H groups in total. The molecule has 0 rings (SSSR count). The Labute approximate surface area is 89.7 Å². The van der Waals surface area contributed by atoms with Crippen LogP contribution in [0.3, 0.4) is 0 Å². The lowest BCUT2D eigenvalue weighted by Crippen LogP contribution is -2.50. The first-order valence-electron chi connectivity index (χ1n) is 4.44. The monoisotopic (exact) mass is 221 g/mol. The number of hydrogen-bond acceptors (Lipinski definition) is 5. The highest BCUT2D eigenvalue weighted by atomic mass is 32.2. The van der Waals surface area contributed by atoms with Gasteiger partial charge < -0.3 is 14.8 Å². The molecule has 5 heteroatoms. The number of esters is 1. The van der Waals surface area contributed by atoms with Crippen molar-refractivity contribution >= 4 is 17.7 Å². The highest BCUT2D eigenvalue weighted by molar-refractivity contribution is 7.99. The van der Waals surface area contributed by atoms with Crippen molar-refractivity contribution in [1.29, 1.82) is 0 Å². The third-order valence-corrected chi connectivity index (χ3v) is 3.25. The fourth-order valence-electron chi connectivity index (χ4n) is 0.877. The van der Waals surface area contributed by atoms with Gasteiger partial charge in [-0.15, -0.1) is 0 Å².